The quantitative estimate of drug-likeness (QED) is 0.244. The van der Waals surface area contributed by atoms with E-state index in [-0.39, 0.29) is 36.5 Å². The lowest BCUT2D eigenvalue weighted by atomic mass is 9.93. The summed E-state index contributed by atoms with van der Waals surface area (Å²) < 4.78 is 28.8. The maximum atomic E-state index is 14.4. The van der Waals surface area contributed by atoms with Crippen molar-refractivity contribution in [2.24, 2.45) is 23.7 Å². The van der Waals surface area contributed by atoms with E-state index in [0.29, 0.717) is 0 Å². The molecule has 9 nitrogen and oxygen atoms in total. The topological polar surface area (TPSA) is 137 Å². The van der Waals surface area contributed by atoms with E-state index in [1.807, 2.05) is 19.2 Å². The van der Waals surface area contributed by atoms with Crippen LogP contribution < -0.4 is 21.3 Å². The Labute approximate surface area is 207 Å². The Hall–Kier alpha value is -2.30. The van der Waals surface area contributed by atoms with Gasteiger partial charge in [0, 0.05) is 13.5 Å². The molecule has 204 valence electrons. The molecule has 0 aliphatic carbocycles. The van der Waals surface area contributed by atoms with Crippen LogP contribution in [0.4, 0.5) is 8.78 Å². The van der Waals surface area contributed by atoms with E-state index in [0.717, 1.165) is 7.05 Å². The number of rotatable bonds is 14. The van der Waals surface area contributed by atoms with Crippen LogP contribution >= 0.6 is 0 Å². The molecule has 0 aliphatic heterocycles. The number of aliphatic hydroxyl groups excluding tert-OH is 1. The first-order chi connectivity index (χ1) is 15.9. The van der Waals surface area contributed by atoms with Crippen LogP contribution in [0.5, 0.6) is 0 Å². The van der Waals surface area contributed by atoms with Crippen molar-refractivity contribution < 1.29 is 33.1 Å². The van der Waals surface area contributed by atoms with Crippen LogP contribution in [0.25, 0.3) is 0 Å². The van der Waals surface area contributed by atoms with Gasteiger partial charge in [-0.3, -0.25) is 19.2 Å². The minimum atomic E-state index is -4.14. The minimum Gasteiger partial charge on any atom is -0.384 e. The lowest BCUT2D eigenvalue weighted by Gasteiger charge is -2.33. The predicted octanol–water partition coefficient (Wildman–Crippen LogP) is 1.59. The van der Waals surface area contributed by atoms with Crippen molar-refractivity contribution in [3.05, 3.63) is 0 Å². The molecule has 0 heterocycles. The Morgan fingerprint density at radius 3 is 1.63 bits per heavy atom. The monoisotopic (exact) mass is 506 g/mol. The van der Waals surface area contributed by atoms with Crippen molar-refractivity contribution in [2.75, 3.05) is 7.05 Å². The van der Waals surface area contributed by atoms with Gasteiger partial charge in [0.2, 0.25) is 17.7 Å². The minimum absolute atomic E-state index is 0.0296. The highest BCUT2D eigenvalue weighted by Crippen LogP contribution is 2.25. The molecule has 1 unspecified atom stereocenters. The molecule has 35 heavy (non-hydrogen) atoms. The fourth-order valence-corrected chi connectivity index (χ4v) is 3.52. The fourth-order valence-electron chi connectivity index (χ4n) is 3.52. The van der Waals surface area contributed by atoms with E-state index < -0.39 is 53.8 Å². The normalized spacial score (nSPS) is 15.5. The zero-order valence-electron chi connectivity index (χ0n) is 22.4. The standard InChI is InChI=1S/C24H44F2N4O5/c1-12(2)10-16(20(32)24(25,26)23(35)27-9)28-21(33)19(15(7)8)30-22(34)18(14(5)6)29-17(31)11-13(3)4/h12-16,18-20,32H,10-11H2,1-9H3,(H,27,35)(H,28,33)(H,29,31)(H,30,34)/t16-,18+,19+,20?/m1/s1. The van der Waals surface area contributed by atoms with Crippen molar-refractivity contribution in [1.82, 2.24) is 21.3 Å². The molecule has 0 radical (unpaired) electrons. The molecule has 0 bridgehead atoms. The smallest absolute Gasteiger partial charge is 0.351 e. The van der Waals surface area contributed by atoms with Gasteiger partial charge in [0.1, 0.15) is 18.2 Å². The molecule has 11 heteroatoms. The van der Waals surface area contributed by atoms with Crippen LogP contribution in [-0.4, -0.2) is 65.9 Å². The van der Waals surface area contributed by atoms with E-state index in [1.54, 1.807) is 41.5 Å². The highest BCUT2D eigenvalue weighted by molar-refractivity contribution is 5.92. The molecule has 0 aliphatic rings. The number of alkyl halides is 2. The van der Waals surface area contributed by atoms with Crippen molar-refractivity contribution in [3.8, 4) is 0 Å². The number of carbonyl (C=O) groups excluding carboxylic acids is 4. The van der Waals surface area contributed by atoms with Gasteiger partial charge in [-0.25, -0.2) is 0 Å². The number of halogens is 2. The zero-order valence-corrected chi connectivity index (χ0v) is 22.4. The van der Waals surface area contributed by atoms with Gasteiger partial charge in [-0.1, -0.05) is 55.4 Å². The van der Waals surface area contributed by atoms with Crippen LogP contribution in [0, 0.1) is 23.7 Å². The molecule has 0 spiro atoms. The van der Waals surface area contributed by atoms with Crippen LogP contribution in [-0.2, 0) is 19.2 Å². The average Bonchev–Trinajstić information content (AvgIpc) is 2.72. The van der Waals surface area contributed by atoms with Crippen LogP contribution in [0.15, 0.2) is 0 Å². The lowest BCUT2D eigenvalue weighted by molar-refractivity contribution is -0.168. The van der Waals surface area contributed by atoms with Gasteiger partial charge in [-0.2, -0.15) is 8.78 Å². The summed E-state index contributed by atoms with van der Waals surface area (Å²) in [6.07, 6.45) is -2.27. The third kappa shape index (κ3) is 10.5. The van der Waals surface area contributed by atoms with Crippen molar-refractivity contribution in [2.45, 2.75) is 98.4 Å². The predicted molar refractivity (Wildman–Crippen MR) is 129 cm³/mol. The summed E-state index contributed by atoms with van der Waals surface area (Å²) in [7, 11) is 1.02. The van der Waals surface area contributed by atoms with Gasteiger partial charge in [-0.05, 0) is 30.1 Å². The zero-order chi connectivity index (χ0) is 27.7. The van der Waals surface area contributed by atoms with E-state index in [4.69, 9.17) is 0 Å². The molecule has 0 saturated carbocycles. The van der Waals surface area contributed by atoms with Crippen molar-refractivity contribution in [3.63, 3.8) is 0 Å². The molecule has 0 aromatic carbocycles. The molecule has 4 amide bonds. The second-order valence-electron chi connectivity index (χ2n) is 10.5. The maximum Gasteiger partial charge on any atom is 0.351 e. The van der Waals surface area contributed by atoms with Gasteiger partial charge in [0.15, 0.2) is 0 Å². The van der Waals surface area contributed by atoms with Crippen molar-refractivity contribution >= 4 is 23.6 Å². The molecule has 0 aromatic rings. The summed E-state index contributed by atoms with van der Waals surface area (Å²) in [6, 6.07) is -3.47. The Morgan fingerprint density at radius 1 is 0.771 bits per heavy atom. The number of hydrogen-bond donors (Lipinski definition) is 5. The third-order valence-electron chi connectivity index (χ3n) is 5.44. The Kier molecular flexibility index (Phi) is 13.4. The number of nitrogens with one attached hydrogen (secondary N) is 4. The summed E-state index contributed by atoms with van der Waals surface area (Å²) in [5.41, 5.74) is 0. The molecular weight excluding hydrogens is 462 g/mol. The molecule has 0 rings (SSSR count). The molecule has 5 N–H and O–H groups in total. The number of hydrogen-bond acceptors (Lipinski definition) is 5. The van der Waals surface area contributed by atoms with E-state index in [9.17, 15) is 33.1 Å². The highest BCUT2D eigenvalue weighted by Gasteiger charge is 2.50. The Bertz CT molecular complexity index is 729. The van der Waals surface area contributed by atoms with Gasteiger partial charge < -0.3 is 26.4 Å². The van der Waals surface area contributed by atoms with E-state index >= 15 is 0 Å². The second-order valence-corrected chi connectivity index (χ2v) is 10.5. The maximum absolute atomic E-state index is 14.4. The molecule has 0 aromatic heterocycles. The largest absolute Gasteiger partial charge is 0.384 e. The molecular formula is C24H44F2N4O5. The Morgan fingerprint density at radius 2 is 1.23 bits per heavy atom. The molecule has 0 saturated heterocycles. The van der Waals surface area contributed by atoms with E-state index in [1.165, 1.54) is 0 Å². The van der Waals surface area contributed by atoms with Gasteiger partial charge in [0.25, 0.3) is 5.91 Å². The fraction of sp³-hybridized carbons (Fsp3) is 0.833. The molecule has 0 fully saturated rings. The summed E-state index contributed by atoms with van der Waals surface area (Å²) in [5.74, 6) is -8.26. The SMILES string of the molecule is CNC(=O)C(F)(F)C(O)[C@@H](CC(C)C)NC(=O)[C@@H](NC(=O)[C@@H](NC(=O)CC(C)C)C(C)C)C(C)C. The first-order valence-corrected chi connectivity index (χ1v) is 12.1. The summed E-state index contributed by atoms with van der Waals surface area (Å²) in [5, 5.41) is 19.8. The molecule has 4 atom stereocenters. The number of aliphatic hydroxyl groups is 1. The second kappa shape index (κ2) is 14.3. The van der Waals surface area contributed by atoms with E-state index in [2.05, 4.69) is 16.0 Å². The van der Waals surface area contributed by atoms with Crippen molar-refractivity contribution in [1.29, 1.82) is 0 Å². The van der Waals surface area contributed by atoms with Crippen LogP contribution in [0.2, 0.25) is 0 Å². The van der Waals surface area contributed by atoms with Gasteiger partial charge >= 0.3 is 5.92 Å². The lowest BCUT2D eigenvalue weighted by Crippen LogP contribution is -2.61. The highest BCUT2D eigenvalue weighted by atomic mass is 19.3. The van der Waals surface area contributed by atoms with Gasteiger partial charge in [0.05, 0.1) is 6.04 Å². The number of amides is 4. The first kappa shape index (κ1) is 32.7. The Balaban J connectivity index is 5.72. The van der Waals surface area contributed by atoms with Gasteiger partial charge in [-0.15, -0.1) is 0 Å². The summed E-state index contributed by atoms with van der Waals surface area (Å²) in [4.78, 5) is 49.9. The number of carbonyl (C=O) groups is 4. The summed E-state index contributed by atoms with van der Waals surface area (Å²) in [6.45, 7) is 14.0. The van der Waals surface area contributed by atoms with Crippen LogP contribution in [0.1, 0.15) is 68.2 Å². The first-order valence-electron chi connectivity index (χ1n) is 12.1. The summed E-state index contributed by atoms with van der Waals surface area (Å²) >= 11 is 0. The average molecular weight is 507 g/mol. The third-order valence-corrected chi connectivity index (χ3v) is 5.44. The van der Waals surface area contributed by atoms with Crippen LogP contribution in [0.3, 0.4) is 0 Å².